The van der Waals surface area contributed by atoms with E-state index in [-0.39, 0.29) is 6.04 Å². The third-order valence-electron chi connectivity index (χ3n) is 3.78. The molecule has 1 fully saturated rings. The highest BCUT2D eigenvalue weighted by atomic mass is 32.1. The van der Waals surface area contributed by atoms with Gasteiger partial charge in [0.05, 0.1) is 0 Å². The third-order valence-corrected chi connectivity index (χ3v) is 4.76. The second-order valence-electron chi connectivity index (χ2n) is 4.76. The first-order chi connectivity index (χ1) is 7.86. The van der Waals surface area contributed by atoms with Crippen LogP contribution < -0.4 is 5.73 Å². The molecule has 1 heterocycles. The molecule has 16 heavy (non-hydrogen) atoms. The molecule has 1 aliphatic carbocycles. The van der Waals surface area contributed by atoms with Crippen molar-refractivity contribution in [3.63, 3.8) is 0 Å². The summed E-state index contributed by atoms with van der Waals surface area (Å²) in [5, 5.41) is 3.51. The van der Waals surface area contributed by atoms with Gasteiger partial charge in [-0.25, -0.2) is 0 Å². The van der Waals surface area contributed by atoms with E-state index in [0.29, 0.717) is 5.92 Å². The molecule has 0 aliphatic heterocycles. The van der Waals surface area contributed by atoms with Gasteiger partial charge in [0, 0.05) is 10.7 Å². The van der Waals surface area contributed by atoms with Crippen molar-refractivity contribution in [2.75, 3.05) is 0 Å². The van der Waals surface area contributed by atoms with Crippen LogP contribution >= 0.6 is 11.3 Å². The van der Waals surface area contributed by atoms with Gasteiger partial charge in [0.25, 0.3) is 0 Å². The van der Waals surface area contributed by atoms with Crippen LogP contribution in [0.4, 0.5) is 0 Å². The van der Waals surface area contributed by atoms with Gasteiger partial charge in [-0.2, -0.15) is 0 Å². The minimum atomic E-state index is 0.241. The molecular formula is C14H17NS. The van der Waals surface area contributed by atoms with Gasteiger partial charge in [0.15, 0.2) is 0 Å². The summed E-state index contributed by atoms with van der Waals surface area (Å²) in [6, 6.07) is 8.95. The summed E-state index contributed by atoms with van der Waals surface area (Å²) in [5.74, 6) is 0.702. The van der Waals surface area contributed by atoms with E-state index in [4.69, 9.17) is 5.73 Å². The van der Waals surface area contributed by atoms with Crippen molar-refractivity contribution in [3.8, 4) is 0 Å². The van der Waals surface area contributed by atoms with E-state index in [1.54, 1.807) is 0 Å². The zero-order valence-corrected chi connectivity index (χ0v) is 10.2. The molecule has 1 aromatic carbocycles. The Morgan fingerprint density at radius 1 is 1.19 bits per heavy atom. The van der Waals surface area contributed by atoms with Gasteiger partial charge >= 0.3 is 0 Å². The van der Waals surface area contributed by atoms with E-state index in [2.05, 4.69) is 29.6 Å². The fourth-order valence-electron chi connectivity index (χ4n) is 2.85. The predicted octanol–water partition coefficient (Wildman–Crippen LogP) is 4.09. The number of rotatable bonds is 2. The molecule has 1 nitrogen and oxygen atoms in total. The molecule has 84 valence electrons. The monoisotopic (exact) mass is 231 g/mol. The van der Waals surface area contributed by atoms with Crippen LogP contribution in [0, 0.1) is 5.92 Å². The number of hydrogen-bond donors (Lipinski definition) is 1. The topological polar surface area (TPSA) is 26.0 Å². The zero-order valence-electron chi connectivity index (χ0n) is 9.36. The number of benzene rings is 1. The number of thiophene rings is 1. The Morgan fingerprint density at radius 2 is 2.00 bits per heavy atom. The normalized spacial score (nSPS) is 19.3. The van der Waals surface area contributed by atoms with E-state index in [1.165, 1.54) is 41.3 Å². The summed E-state index contributed by atoms with van der Waals surface area (Å²) in [4.78, 5) is 0. The largest absolute Gasteiger partial charge is 0.324 e. The van der Waals surface area contributed by atoms with Gasteiger partial charge in [0.1, 0.15) is 0 Å². The van der Waals surface area contributed by atoms with Crippen LogP contribution in [0.15, 0.2) is 29.6 Å². The molecule has 2 aromatic rings. The standard InChI is InChI=1S/C14H17NS/c15-13(10-4-1-2-5-10)12-7-3-6-11-8-9-16-14(11)12/h3,6-10,13H,1-2,4-5,15H2. The first-order valence-corrected chi connectivity index (χ1v) is 6.96. The maximum absolute atomic E-state index is 6.43. The highest BCUT2D eigenvalue weighted by Crippen LogP contribution is 2.37. The van der Waals surface area contributed by atoms with Gasteiger partial charge in [-0.3, -0.25) is 0 Å². The Labute approximate surface area is 100 Å². The third kappa shape index (κ3) is 1.66. The molecule has 0 saturated heterocycles. The van der Waals surface area contributed by atoms with Gasteiger partial charge in [-0.1, -0.05) is 31.0 Å². The lowest BCUT2D eigenvalue weighted by molar-refractivity contribution is 0.447. The van der Waals surface area contributed by atoms with Crippen molar-refractivity contribution in [1.29, 1.82) is 0 Å². The molecule has 3 rings (SSSR count). The molecule has 2 N–H and O–H groups in total. The summed E-state index contributed by atoms with van der Waals surface area (Å²) in [7, 11) is 0. The van der Waals surface area contributed by atoms with Crippen molar-refractivity contribution >= 4 is 21.4 Å². The van der Waals surface area contributed by atoms with E-state index in [1.807, 2.05) is 11.3 Å². The quantitative estimate of drug-likeness (QED) is 0.827. The Kier molecular flexibility index (Phi) is 2.70. The summed E-state index contributed by atoms with van der Waals surface area (Å²) >= 11 is 1.82. The van der Waals surface area contributed by atoms with E-state index < -0.39 is 0 Å². The Hall–Kier alpha value is -0.860. The Morgan fingerprint density at radius 3 is 2.81 bits per heavy atom. The average molecular weight is 231 g/mol. The summed E-state index contributed by atoms with van der Waals surface area (Å²) in [6.45, 7) is 0. The maximum Gasteiger partial charge on any atom is 0.0390 e. The molecule has 1 saturated carbocycles. The van der Waals surface area contributed by atoms with Gasteiger partial charge < -0.3 is 5.73 Å². The minimum Gasteiger partial charge on any atom is -0.324 e. The van der Waals surface area contributed by atoms with Crippen LogP contribution in [-0.2, 0) is 0 Å². The lowest BCUT2D eigenvalue weighted by atomic mass is 9.92. The fourth-order valence-corrected chi connectivity index (χ4v) is 3.81. The van der Waals surface area contributed by atoms with Crippen molar-refractivity contribution in [2.45, 2.75) is 31.7 Å². The molecule has 1 aliphatic rings. The molecule has 0 amide bonds. The molecule has 2 heteroatoms. The van der Waals surface area contributed by atoms with Crippen LogP contribution in [0.3, 0.4) is 0 Å². The van der Waals surface area contributed by atoms with Crippen LogP contribution in [0.1, 0.15) is 37.3 Å². The molecular weight excluding hydrogens is 214 g/mol. The molecule has 1 aromatic heterocycles. The second-order valence-corrected chi connectivity index (χ2v) is 5.67. The van der Waals surface area contributed by atoms with Crippen LogP contribution in [-0.4, -0.2) is 0 Å². The smallest absolute Gasteiger partial charge is 0.0390 e. The number of nitrogens with two attached hydrogens (primary N) is 1. The lowest BCUT2D eigenvalue weighted by Crippen LogP contribution is -2.19. The fraction of sp³-hybridized carbons (Fsp3) is 0.429. The highest BCUT2D eigenvalue weighted by Gasteiger charge is 2.24. The van der Waals surface area contributed by atoms with Crippen molar-refractivity contribution in [3.05, 3.63) is 35.2 Å². The van der Waals surface area contributed by atoms with Crippen molar-refractivity contribution in [2.24, 2.45) is 11.7 Å². The van der Waals surface area contributed by atoms with E-state index in [9.17, 15) is 0 Å². The average Bonchev–Trinajstić information content (AvgIpc) is 2.98. The van der Waals surface area contributed by atoms with Crippen molar-refractivity contribution < 1.29 is 0 Å². The highest BCUT2D eigenvalue weighted by molar-refractivity contribution is 7.17. The van der Waals surface area contributed by atoms with Crippen LogP contribution in [0.2, 0.25) is 0 Å². The zero-order chi connectivity index (χ0) is 11.0. The van der Waals surface area contributed by atoms with E-state index in [0.717, 1.165) is 0 Å². The summed E-state index contributed by atoms with van der Waals surface area (Å²) in [6.07, 6.45) is 5.34. The Bertz CT molecular complexity index is 482. The number of hydrogen-bond acceptors (Lipinski definition) is 2. The summed E-state index contributed by atoms with van der Waals surface area (Å²) in [5.41, 5.74) is 7.79. The molecule has 0 radical (unpaired) electrons. The molecule has 0 spiro atoms. The maximum atomic E-state index is 6.43. The first kappa shape index (κ1) is 10.3. The molecule has 1 unspecified atom stereocenters. The van der Waals surface area contributed by atoms with Crippen LogP contribution in [0.5, 0.6) is 0 Å². The van der Waals surface area contributed by atoms with Gasteiger partial charge in [0.2, 0.25) is 0 Å². The summed E-state index contributed by atoms with van der Waals surface area (Å²) < 4.78 is 1.39. The van der Waals surface area contributed by atoms with Gasteiger partial charge in [-0.05, 0) is 41.2 Å². The SMILES string of the molecule is NC(c1cccc2ccsc12)C1CCCC1. The first-order valence-electron chi connectivity index (χ1n) is 6.08. The lowest BCUT2D eigenvalue weighted by Gasteiger charge is -2.19. The van der Waals surface area contributed by atoms with Gasteiger partial charge in [-0.15, -0.1) is 11.3 Å². The van der Waals surface area contributed by atoms with Crippen molar-refractivity contribution in [1.82, 2.24) is 0 Å². The molecule has 1 atom stereocenters. The second kappa shape index (κ2) is 4.19. The minimum absolute atomic E-state index is 0.241. The Balaban J connectivity index is 2.00. The van der Waals surface area contributed by atoms with Crippen LogP contribution in [0.25, 0.3) is 10.1 Å². The van der Waals surface area contributed by atoms with E-state index >= 15 is 0 Å². The number of fused-ring (bicyclic) bond motifs is 1. The predicted molar refractivity (Wildman–Crippen MR) is 70.7 cm³/mol. The molecule has 0 bridgehead atoms.